The van der Waals surface area contributed by atoms with Crippen molar-refractivity contribution in [2.75, 3.05) is 84.1 Å². The molecular weight excluding hydrogens is 1240 g/mol. The van der Waals surface area contributed by atoms with Gasteiger partial charge in [-0.25, -0.2) is 0 Å². The van der Waals surface area contributed by atoms with Crippen molar-refractivity contribution in [3.05, 3.63) is 0 Å². The average Bonchev–Trinajstić information content (AvgIpc) is 0.804. The Balaban J connectivity index is 0.995. The number of rotatable bonds is 29. The summed E-state index contributed by atoms with van der Waals surface area (Å²) < 4.78 is 103. The number of ether oxygens (including phenoxy) is 17. The quantitative estimate of drug-likeness (QED) is 0.0328. The molecule has 13 N–H and O–H groups in total. The molecule has 30 unspecified atom stereocenters. The molecular formula is C60H108N2O29S. The van der Waals surface area contributed by atoms with Gasteiger partial charge in [-0.05, 0) is 51.2 Å². The maximum Gasteiger partial charge on any atom is 0.222 e. The molecule has 22 fully saturated rings. The molecule has 0 aromatic heterocycles. The van der Waals surface area contributed by atoms with Gasteiger partial charge in [-0.1, -0.05) is 48.5 Å². The number of nitrogens with one attached hydrogen (secondary N) is 2. The Morgan fingerprint density at radius 1 is 0.391 bits per heavy atom. The number of amides is 1. The van der Waals surface area contributed by atoms with E-state index >= 15 is 0 Å². The number of carbonyl (C=O) groups is 1. The Kier molecular flexibility index (Phi) is 33.0. The lowest BCUT2D eigenvalue weighted by atomic mass is 9.93. The predicted octanol–water partition coefficient (Wildman–Crippen LogP) is -3.22. The Morgan fingerprint density at radius 2 is 0.728 bits per heavy atom. The van der Waals surface area contributed by atoms with Gasteiger partial charge in [0.05, 0.1) is 89.5 Å². The highest BCUT2D eigenvalue weighted by Crippen LogP contribution is 2.40. The lowest BCUT2D eigenvalue weighted by Crippen LogP contribution is -2.68. The minimum atomic E-state index is -1.87. The van der Waals surface area contributed by atoms with Crippen LogP contribution in [0.2, 0.25) is 0 Å². The van der Waals surface area contributed by atoms with Crippen LogP contribution >= 0.6 is 11.8 Å². The third-order valence-corrected chi connectivity index (χ3v) is 18.5. The fourth-order valence-electron chi connectivity index (χ4n) is 12.2. The van der Waals surface area contributed by atoms with Gasteiger partial charge in [0.25, 0.3) is 0 Å². The number of aliphatic hydroxyl groups excluding tert-OH is 11. The van der Waals surface area contributed by atoms with Crippen molar-refractivity contribution in [2.24, 2.45) is 0 Å². The standard InChI is InChI=1S/C60H108N2O29S/c1-9-31-49-38(65)43(70)56(81-31)88-50-32(10-2)82-57(44(71)39(50)66)89-51-33(11-3)83-58(45(72)40(51)67)90-52-34(12-4)84-59(46(73)41(52)68)91-53-35(13-5)85-60(86-48-30(8)80-55(87-49)42(69)37(48)64)47(74)54(53)79-18-14-27-92-28-17-62-36(63)15-19-75-21-23-77-25-26-78-24-22-76-20-16-61-29(6)7/h29-35,37-61,64-74H,9-28H2,1-8H3,(H,62,63). The molecule has 0 aliphatic carbocycles. The van der Waals surface area contributed by atoms with Crippen LogP contribution in [0, 0.1) is 0 Å². The third kappa shape index (κ3) is 20.6. The lowest BCUT2D eigenvalue weighted by molar-refractivity contribution is -0.401. The van der Waals surface area contributed by atoms with Crippen LogP contribution in [0.15, 0.2) is 0 Å². The van der Waals surface area contributed by atoms with Crippen LogP contribution in [0.25, 0.3) is 0 Å². The first-order valence-electron chi connectivity index (χ1n) is 33.0. The highest BCUT2D eigenvalue weighted by atomic mass is 32.2. The van der Waals surface area contributed by atoms with Crippen LogP contribution < -0.4 is 10.6 Å². The highest BCUT2D eigenvalue weighted by Gasteiger charge is 2.58. The molecule has 1 amide bonds. The molecule has 31 nitrogen and oxygen atoms in total. The zero-order valence-corrected chi connectivity index (χ0v) is 55.0. The van der Waals surface area contributed by atoms with E-state index in [-0.39, 0.29) is 57.6 Å². The summed E-state index contributed by atoms with van der Waals surface area (Å²) in [7, 11) is 0. The van der Waals surface area contributed by atoms with Crippen molar-refractivity contribution in [2.45, 2.75) is 291 Å². The highest BCUT2D eigenvalue weighted by molar-refractivity contribution is 7.99. The second kappa shape index (κ2) is 38.9. The summed E-state index contributed by atoms with van der Waals surface area (Å²) in [5.74, 6) is 0.976. The van der Waals surface area contributed by atoms with Crippen LogP contribution in [0.4, 0.5) is 0 Å². The minimum absolute atomic E-state index is 0.0464. The molecule has 0 aromatic carbocycles. The molecule has 92 heavy (non-hydrogen) atoms. The average molecular weight is 1350 g/mol. The molecule has 0 radical (unpaired) electrons. The first-order valence-corrected chi connectivity index (χ1v) is 34.2. The lowest BCUT2D eigenvalue weighted by Gasteiger charge is -2.51. The Labute approximate surface area is 542 Å². The zero-order valence-electron chi connectivity index (χ0n) is 54.2. The maximum absolute atomic E-state index is 12.5. The molecule has 22 heterocycles. The van der Waals surface area contributed by atoms with Gasteiger partial charge in [0, 0.05) is 37.9 Å². The zero-order chi connectivity index (χ0) is 66.8. The summed E-state index contributed by atoms with van der Waals surface area (Å²) in [6, 6.07) is 0.415. The molecule has 22 aliphatic rings. The molecule has 22 rings (SSSR count). The van der Waals surface area contributed by atoms with E-state index in [0.29, 0.717) is 76.8 Å². The van der Waals surface area contributed by atoms with E-state index in [9.17, 15) is 61.0 Å². The molecule has 32 heteroatoms. The molecule has 0 aromatic rings. The van der Waals surface area contributed by atoms with Crippen molar-refractivity contribution in [1.82, 2.24) is 10.6 Å². The summed E-state index contributed by atoms with van der Waals surface area (Å²) in [5, 5.41) is 135. The van der Waals surface area contributed by atoms with Crippen LogP contribution in [0.3, 0.4) is 0 Å². The molecule has 0 saturated carbocycles. The fraction of sp³-hybridized carbons (Fsp3) is 0.983. The van der Waals surface area contributed by atoms with Gasteiger partial charge in [-0.15, -0.1) is 0 Å². The number of thioether (sulfide) groups is 1. The van der Waals surface area contributed by atoms with Crippen LogP contribution in [-0.4, -0.2) is 336 Å². The van der Waals surface area contributed by atoms with Gasteiger partial charge in [0.15, 0.2) is 37.7 Å². The predicted molar refractivity (Wildman–Crippen MR) is 320 cm³/mol. The van der Waals surface area contributed by atoms with Crippen molar-refractivity contribution < 1.29 is 141 Å². The van der Waals surface area contributed by atoms with Gasteiger partial charge in [0.1, 0.15) is 110 Å². The molecule has 12 bridgehead atoms. The largest absolute Gasteiger partial charge is 0.387 e. The molecule has 0 spiro atoms. The van der Waals surface area contributed by atoms with E-state index in [1.54, 1.807) is 46.4 Å². The molecule has 22 aliphatic heterocycles. The Morgan fingerprint density at radius 3 is 1.13 bits per heavy atom. The van der Waals surface area contributed by atoms with Gasteiger partial charge < -0.3 is 147 Å². The van der Waals surface area contributed by atoms with Gasteiger partial charge in [-0.2, -0.15) is 11.8 Å². The molecule has 538 valence electrons. The molecule has 30 atom stereocenters. The number of carbonyl (C=O) groups excluding carboxylic acids is 1. The van der Waals surface area contributed by atoms with E-state index < -0.39 is 184 Å². The first-order chi connectivity index (χ1) is 44.2. The van der Waals surface area contributed by atoms with Crippen LogP contribution in [-0.2, 0) is 85.3 Å². The van der Waals surface area contributed by atoms with Crippen LogP contribution in [0.5, 0.6) is 0 Å². The van der Waals surface area contributed by atoms with Crippen molar-refractivity contribution in [3.8, 4) is 0 Å². The normalized spacial score (nSPS) is 43.1. The SMILES string of the molecule is CCC1OC2OC3C(CC)OC(OC4C(CC)OC(OC5C(CC)OC(OC6C(CC)OC(OC7C(C)OC(OC1C(O)C2O)C(O)C7O)C(O)C6OCCCSCCNC(=O)CCOCCOCCOCCOCCNC(C)C)C(O)C5O)C(O)C4O)C(O)C3O. The second-order valence-electron chi connectivity index (χ2n) is 24.4. The van der Waals surface area contributed by atoms with Gasteiger partial charge >= 0.3 is 0 Å². The maximum atomic E-state index is 12.5. The number of hydrogen-bond acceptors (Lipinski definition) is 31. The van der Waals surface area contributed by atoms with Crippen molar-refractivity contribution in [3.63, 3.8) is 0 Å². The van der Waals surface area contributed by atoms with Crippen molar-refractivity contribution >= 4 is 17.7 Å². The first kappa shape index (κ1) is 78.0. The fourth-order valence-corrected chi connectivity index (χ4v) is 12.9. The molecule has 22 saturated heterocycles. The third-order valence-electron chi connectivity index (χ3n) is 17.4. The summed E-state index contributed by atoms with van der Waals surface area (Å²) in [6.07, 6.45) is -44.1. The van der Waals surface area contributed by atoms with Crippen LogP contribution in [0.1, 0.15) is 100 Å². The van der Waals surface area contributed by atoms with Crippen molar-refractivity contribution in [1.29, 1.82) is 0 Å². The topological polar surface area (TPSA) is 421 Å². The van der Waals surface area contributed by atoms with Gasteiger partial charge in [0.2, 0.25) is 5.91 Å². The number of aliphatic hydroxyl groups is 11. The Bertz CT molecular complexity index is 2070. The van der Waals surface area contributed by atoms with E-state index in [4.69, 9.17) is 80.5 Å². The van der Waals surface area contributed by atoms with E-state index in [0.717, 1.165) is 6.54 Å². The summed E-state index contributed by atoms with van der Waals surface area (Å²) in [5.41, 5.74) is 0. The summed E-state index contributed by atoms with van der Waals surface area (Å²) >= 11 is 1.55. The van der Waals surface area contributed by atoms with E-state index in [2.05, 4.69) is 24.5 Å². The Hall–Kier alpha value is -1.34. The number of hydrogen-bond donors (Lipinski definition) is 13. The van der Waals surface area contributed by atoms with Gasteiger partial charge in [-0.3, -0.25) is 4.79 Å². The monoisotopic (exact) mass is 1350 g/mol. The second-order valence-corrected chi connectivity index (χ2v) is 25.7. The summed E-state index contributed by atoms with van der Waals surface area (Å²) in [4.78, 5) is 12.5. The smallest absolute Gasteiger partial charge is 0.222 e. The minimum Gasteiger partial charge on any atom is -0.387 e. The summed E-state index contributed by atoms with van der Waals surface area (Å²) in [6.45, 7) is 18.8. The van der Waals surface area contributed by atoms with E-state index in [1.807, 2.05) is 0 Å². The van der Waals surface area contributed by atoms with E-state index in [1.165, 1.54) is 6.92 Å².